The molecule has 0 bridgehead atoms. The van der Waals surface area contributed by atoms with E-state index in [0.717, 1.165) is 5.56 Å². The van der Waals surface area contributed by atoms with E-state index in [1.807, 2.05) is 0 Å². The molecule has 0 saturated carbocycles. The van der Waals surface area contributed by atoms with Gasteiger partial charge >= 0.3 is 5.97 Å². The summed E-state index contributed by atoms with van der Waals surface area (Å²) in [4.78, 5) is 15.2. The molecule has 0 spiro atoms. The van der Waals surface area contributed by atoms with E-state index in [9.17, 15) is 4.79 Å². The van der Waals surface area contributed by atoms with Crippen LogP contribution >= 0.6 is 23.2 Å². The molecule has 0 atom stereocenters. The summed E-state index contributed by atoms with van der Waals surface area (Å²) in [5.74, 6) is -1.17. The maximum Gasteiger partial charge on any atom is 0.353 e. The van der Waals surface area contributed by atoms with Crippen molar-refractivity contribution in [3.8, 4) is 0 Å². The Balaban J connectivity index is 2.41. The predicted molar refractivity (Wildman–Crippen MR) is 71.4 cm³/mol. The average Bonchev–Trinajstić information content (AvgIpc) is 2.26. The van der Waals surface area contributed by atoms with Crippen LogP contribution in [-0.4, -0.2) is 17.7 Å². The van der Waals surface area contributed by atoms with Crippen LogP contribution in [0.4, 0.5) is 0 Å². The maximum atomic E-state index is 10.4. The number of nitrogens with one attached hydrogen (secondary N) is 1. The Kier molecular flexibility index (Phi) is 5.71. The van der Waals surface area contributed by atoms with Gasteiger partial charge in [0.05, 0.1) is 6.61 Å². The largest absolute Gasteiger partial charge is 0.477 e. The van der Waals surface area contributed by atoms with Gasteiger partial charge in [-0.1, -0.05) is 41.9 Å². The van der Waals surface area contributed by atoms with Crippen molar-refractivity contribution < 1.29 is 14.7 Å². The fraction of sp³-hybridized carbons (Fsp3) is 0.0833. The number of hydrogen-bond donors (Lipinski definition) is 2. The lowest BCUT2D eigenvalue weighted by molar-refractivity contribution is -0.134. The van der Waals surface area contributed by atoms with Gasteiger partial charge in [-0.3, -0.25) is 10.3 Å². The molecule has 0 heterocycles. The number of hydrogen-bond acceptors (Lipinski definition) is 3. The molecule has 1 aromatic rings. The Hall–Kier alpha value is -1.49. The first-order valence-corrected chi connectivity index (χ1v) is 5.67. The van der Waals surface area contributed by atoms with Gasteiger partial charge in [-0.15, -0.1) is 0 Å². The van der Waals surface area contributed by atoms with Crippen molar-refractivity contribution in [1.82, 2.24) is 5.48 Å². The maximum absolute atomic E-state index is 10.4. The van der Waals surface area contributed by atoms with Crippen LogP contribution in [0.15, 0.2) is 36.6 Å². The lowest BCUT2D eigenvalue weighted by Crippen LogP contribution is -2.19. The van der Waals surface area contributed by atoms with Crippen molar-refractivity contribution in [3.05, 3.63) is 52.2 Å². The second-order valence-corrected chi connectivity index (χ2v) is 4.17. The van der Waals surface area contributed by atoms with Crippen molar-refractivity contribution >= 4 is 35.2 Å². The smallest absolute Gasteiger partial charge is 0.353 e. The average molecular weight is 288 g/mol. The topological polar surface area (TPSA) is 58.6 Å². The molecule has 0 radical (unpaired) electrons. The first kappa shape index (κ1) is 14.6. The van der Waals surface area contributed by atoms with Gasteiger partial charge in [-0.25, -0.2) is 4.79 Å². The van der Waals surface area contributed by atoms with Crippen molar-refractivity contribution in [2.75, 3.05) is 6.61 Å². The number of rotatable bonds is 6. The van der Waals surface area contributed by atoms with E-state index in [1.165, 1.54) is 0 Å². The molecule has 0 aromatic heterocycles. The van der Waals surface area contributed by atoms with Gasteiger partial charge in [0.15, 0.2) is 0 Å². The number of benzene rings is 1. The van der Waals surface area contributed by atoms with Gasteiger partial charge in [0, 0.05) is 10.0 Å². The zero-order chi connectivity index (χ0) is 13.5. The van der Waals surface area contributed by atoms with Crippen molar-refractivity contribution in [2.24, 2.45) is 0 Å². The van der Waals surface area contributed by atoms with Gasteiger partial charge in [0.25, 0.3) is 0 Å². The molecule has 0 aliphatic rings. The summed E-state index contributed by atoms with van der Waals surface area (Å²) >= 11 is 11.7. The highest BCUT2D eigenvalue weighted by Crippen LogP contribution is 2.19. The molecule has 6 heteroatoms. The summed E-state index contributed by atoms with van der Waals surface area (Å²) in [6.45, 7) is 3.42. The first-order valence-electron chi connectivity index (χ1n) is 4.91. The molecule has 0 amide bonds. The summed E-state index contributed by atoms with van der Waals surface area (Å²) < 4.78 is 0. The van der Waals surface area contributed by atoms with E-state index in [1.54, 1.807) is 30.4 Å². The Bertz CT molecular complexity index is 466. The van der Waals surface area contributed by atoms with Crippen molar-refractivity contribution in [2.45, 2.75) is 0 Å². The molecule has 0 fully saturated rings. The third-order valence-electron chi connectivity index (χ3n) is 1.83. The molecule has 0 unspecified atom stereocenters. The van der Waals surface area contributed by atoms with Crippen LogP contribution < -0.4 is 5.48 Å². The van der Waals surface area contributed by atoms with Gasteiger partial charge in [-0.05, 0) is 23.8 Å². The minimum Gasteiger partial charge on any atom is -0.477 e. The molecular weight excluding hydrogens is 277 g/mol. The number of hydroxylamine groups is 1. The number of halogens is 2. The van der Waals surface area contributed by atoms with Crippen LogP contribution in [0.5, 0.6) is 0 Å². The second kappa shape index (κ2) is 7.06. The highest BCUT2D eigenvalue weighted by atomic mass is 35.5. The Labute approximate surface area is 114 Å². The van der Waals surface area contributed by atoms with Crippen molar-refractivity contribution in [3.63, 3.8) is 0 Å². The van der Waals surface area contributed by atoms with Crippen LogP contribution in [0.1, 0.15) is 5.56 Å². The van der Waals surface area contributed by atoms with Crippen LogP contribution in [0.2, 0.25) is 10.0 Å². The third kappa shape index (κ3) is 5.23. The van der Waals surface area contributed by atoms with E-state index in [2.05, 4.69) is 12.1 Å². The lowest BCUT2D eigenvalue weighted by Gasteiger charge is -2.03. The summed E-state index contributed by atoms with van der Waals surface area (Å²) in [6, 6.07) is 5.12. The number of carboxylic acid groups (broad SMARTS) is 1. The summed E-state index contributed by atoms with van der Waals surface area (Å²) in [5, 5.41) is 9.57. The minimum absolute atomic E-state index is 0.177. The number of carboxylic acids is 1. The zero-order valence-corrected chi connectivity index (χ0v) is 10.8. The summed E-state index contributed by atoms with van der Waals surface area (Å²) in [5.41, 5.74) is 2.79. The zero-order valence-electron chi connectivity index (χ0n) is 9.32. The summed E-state index contributed by atoms with van der Waals surface area (Å²) in [6.07, 6.45) is 3.44. The molecule has 0 aliphatic carbocycles. The van der Waals surface area contributed by atoms with E-state index in [0.29, 0.717) is 10.0 Å². The number of aliphatic carboxylic acids is 1. The molecule has 0 aliphatic heterocycles. The normalized spacial score (nSPS) is 10.6. The molecule has 1 rings (SSSR count). The fourth-order valence-electron chi connectivity index (χ4n) is 1.08. The molecule has 0 saturated heterocycles. The Morgan fingerprint density at radius 3 is 2.56 bits per heavy atom. The molecule has 2 N–H and O–H groups in total. The highest BCUT2D eigenvalue weighted by Gasteiger charge is 2.01. The minimum atomic E-state index is -1.17. The van der Waals surface area contributed by atoms with E-state index >= 15 is 0 Å². The van der Waals surface area contributed by atoms with Crippen molar-refractivity contribution in [1.29, 1.82) is 0 Å². The quantitative estimate of drug-likeness (QED) is 0.479. The SMILES string of the molecule is C=C(NOCC=Cc1cc(Cl)cc(Cl)c1)C(=O)O. The third-order valence-corrected chi connectivity index (χ3v) is 2.26. The van der Waals surface area contributed by atoms with Crippen LogP contribution in [-0.2, 0) is 9.63 Å². The number of carbonyl (C=O) groups is 1. The van der Waals surface area contributed by atoms with Gasteiger partial charge < -0.3 is 5.11 Å². The fourth-order valence-corrected chi connectivity index (χ4v) is 1.62. The molecule has 18 heavy (non-hydrogen) atoms. The van der Waals surface area contributed by atoms with Gasteiger partial charge in [-0.2, -0.15) is 0 Å². The van der Waals surface area contributed by atoms with Crippen LogP contribution in [0, 0.1) is 0 Å². The van der Waals surface area contributed by atoms with E-state index in [4.69, 9.17) is 33.1 Å². The van der Waals surface area contributed by atoms with Gasteiger partial charge in [0.1, 0.15) is 5.70 Å². The van der Waals surface area contributed by atoms with Crippen LogP contribution in [0.3, 0.4) is 0 Å². The molecule has 4 nitrogen and oxygen atoms in total. The molecular formula is C12H11Cl2NO3. The second-order valence-electron chi connectivity index (χ2n) is 3.30. The van der Waals surface area contributed by atoms with E-state index in [-0.39, 0.29) is 12.3 Å². The summed E-state index contributed by atoms with van der Waals surface area (Å²) in [7, 11) is 0. The molecule has 96 valence electrons. The predicted octanol–water partition coefficient (Wildman–Crippen LogP) is 3.13. The molecule has 1 aromatic carbocycles. The highest BCUT2D eigenvalue weighted by molar-refractivity contribution is 6.34. The Morgan fingerprint density at radius 2 is 2.00 bits per heavy atom. The Morgan fingerprint density at radius 1 is 1.39 bits per heavy atom. The van der Waals surface area contributed by atoms with Crippen LogP contribution in [0.25, 0.3) is 6.08 Å². The monoisotopic (exact) mass is 287 g/mol. The standard InChI is InChI=1S/C12H11Cl2NO3/c1-8(12(16)17)15-18-4-2-3-9-5-10(13)7-11(14)6-9/h2-3,5-7,15H,1,4H2,(H,16,17). The first-order chi connectivity index (χ1) is 8.49. The van der Waals surface area contributed by atoms with Gasteiger partial charge in [0.2, 0.25) is 0 Å². The van der Waals surface area contributed by atoms with E-state index < -0.39 is 5.97 Å². The lowest BCUT2D eigenvalue weighted by atomic mass is 10.2.